The van der Waals surface area contributed by atoms with Gasteiger partial charge in [0.15, 0.2) is 0 Å². The largest absolute Gasteiger partial charge is 0.478 e. The molecule has 2 aromatic rings. The summed E-state index contributed by atoms with van der Waals surface area (Å²) >= 11 is 1.56. The molecule has 2 heterocycles. The lowest BCUT2D eigenvalue weighted by Gasteiger charge is -2.12. The number of aromatic nitrogens is 1. The van der Waals surface area contributed by atoms with Crippen molar-refractivity contribution in [1.82, 2.24) is 9.88 Å². The summed E-state index contributed by atoms with van der Waals surface area (Å²) in [5.41, 5.74) is 2.98. The summed E-state index contributed by atoms with van der Waals surface area (Å²) in [6, 6.07) is 1.54. The molecule has 17 heavy (non-hydrogen) atoms. The number of hydrogen-bond donors (Lipinski definition) is 1. The Morgan fingerprint density at radius 3 is 3.00 bits per heavy atom. The van der Waals surface area contributed by atoms with Crippen LogP contribution >= 0.6 is 11.3 Å². The highest BCUT2D eigenvalue weighted by Crippen LogP contribution is 2.12. The normalized spacial score (nSPS) is 10.9. The molecule has 0 aromatic carbocycles. The van der Waals surface area contributed by atoms with Gasteiger partial charge < -0.3 is 9.52 Å². The topological polar surface area (TPSA) is 66.6 Å². The van der Waals surface area contributed by atoms with E-state index in [0.29, 0.717) is 18.8 Å². The summed E-state index contributed by atoms with van der Waals surface area (Å²) in [6.07, 6.45) is 1.26. The maximum Gasteiger partial charge on any atom is 0.338 e. The number of carboxylic acids is 1. The predicted molar refractivity (Wildman–Crippen MR) is 63.0 cm³/mol. The van der Waals surface area contributed by atoms with Crippen LogP contribution in [-0.4, -0.2) is 28.0 Å². The average molecular weight is 252 g/mol. The van der Waals surface area contributed by atoms with Crippen molar-refractivity contribution < 1.29 is 14.3 Å². The maximum atomic E-state index is 10.7. The van der Waals surface area contributed by atoms with E-state index >= 15 is 0 Å². The first-order valence-electron chi connectivity index (χ1n) is 5.01. The second-order valence-electron chi connectivity index (χ2n) is 3.76. The number of thiazole rings is 1. The molecule has 0 aliphatic heterocycles. The van der Waals surface area contributed by atoms with Crippen molar-refractivity contribution in [2.45, 2.75) is 13.1 Å². The Hall–Kier alpha value is -1.66. The Kier molecular flexibility index (Phi) is 3.55. The lowest BCUT2D eigenvalue weighted by molar-refractivity contribution is 0.0696. The van der Waals surface area contributed by atoms with E-state index < -0.39 is 5.97 Å². The van der Waals surface area contributed by atoms with Crippen molar-refractivity contribution in [3.8, 4) is 0 Å². The van der Waals surface area contributed by atoms with E-state index in [4.69, 9.17) is 9.52 Å². The highest BCUT2D eigenvalue weighted by atomic mass is 32.1. The summed E-state index contributed by atoms with van der Waals surface area (Å²) in [6.45, 7) is 1.28. The van der Waals surface area contributed by atoms with Gasteiger partial charge in [-0.1, -0.05) is 0 Å². The molecule has 5 nitrogen and oxygen atoms in total. The van der Waals surface area contributed by atoms with Gasteiger partial charge in [0.1, 0.15) is 12.0 Å². The molecule has 0 aliphatic rings. The highest BCUT2D eigenvalue weighted by molar-refractivity contribution is 7.07. The quantitative estimate of drug-likeness (QED) is 0.882. The number of furan rings is 1. The summed E-state index contributed by atoms with van der Waals surface area (Å²) in [5.74, 6) is -0.331. The number of hydrogen-bond acceptors (Lipinski definition) is 5. The van der Waals surface area contributed by atoms with Gasteiger partial charge >= 0.3 is 5.97 Å². The van der Waals surface area contributed by atoms with Crippen molar-refractivity contribution in [2.75, 3.05) is 7.05 Å². The fourth-order valence-corrected chi connectivity index (χ4v) is 2.04. The first-order valence-corrected chi connectivity index (χ1v) is 5.96. The molecule has 0 saturated heterocycles. The highest BCUT2D eigenvalue weighted by Gasteiger charge is 2.10. The van der Waals surface area contributed by atoms with Crippen molar-refractivity contribution in [3.05, 3.63) is 40.2 Å². The Labute approximate surface area is 102 Å². The lowest BCUT2D eigenvalue weighted by atomic mass is 10.3. The van der Waals surface area contributed by atoms with Gasteiger partial charge in [-0.25, -0.2) is 9.78 Å². The number of aromatic carboxylic acids is 1. The van der Waals surface area contributed by atoms with Gasteiger partial charge in [-0.2, -0.15) is 0 Å². The number of carbonyl (C=O) groups is 1. The third-order valence-corrected chi connectivity index (χ3v) is 2.88. The van der Waals surface area contributed by atoms with E-state index in [0.717, 1.165) is 5.69 Å². The monoisotopic (exact) mass is 252 g/mol. The minimum Gasteiger partial charge on any atom is -0.478 e. The van der Waals surface area contributed by atoms with Crippen molar-refractivity contribution in [2.24, 2.45) is 0 Å². The van der Waals surface area contributed by atoms with Crippen LogP contribution in [0.25, 0.3) is 0 Å². The van der Waals surface area contributed by atoms with Crippen LogP contribution in [0.1, 0.15) is 21.8 Å². The fraction of sp³-hybridized carbons (Fsp3) is 0.273. The van der Waals surface area contributed by atoms with E-state index in [1.807, 2.05) is 17.3 Å². The third-order valence-electron chi connectivity index (χ3n) is 2.24. The minimum atomic E-state index is -0.970. The number of rotatable bonds is 5. The molecule has 0 bridgehead atoms. The Balaban J connectivity index is 1.93. The van der Waals surface area contributed by atoms with Crippen LogP contribution in [0.2, 0.25) is 0 Å². The molecule has 0 saturated carbocycles. The molecule has 6 heteroatoms. The van der Waals surface area contributed by atoms with E-state index in [-0.39, 0.29) is 5.56 Å². The molecule has 90 valence electrons. The van der Waals surface area contributed by atoms with E-state index in [1.165, 1.54) is 6.26 Å². The van der Waals surface area contributed by atoms with Gasteiger partial charge in [0.25, 0.3) is 0 Å². The van der Waals surface area contributed by atoms with Gasteiger partial charge in [-0.3, -0.25) is 4.90 Å². The van der Waals surface area contributed by atoms with Crippen LogP contribution in [-0.2, 0) is 13.1 Å². The Morgan fingerprint density at radius 2 is 2.41 bits per heavy atom. The number of nitrogens with zero attached hydrogens (tertiary/aromatic N) is 2. The standard InChI is InChI=1S/C11H12N2O3S/c1-13(3-9-6-17-7-12-9)4-10-2-8(5-16-10)11(14)15/h2,5-7H,3-4H2,1H3,(H,14,15). The molecule has 0 amide bonds. The molecule has 0 unspecified atom stereocenters. The fourth-order valence-electron chi connectivity index (χ4n) is 1.49. The summed E-state index contributed by atoms with van der Waals surface area (Å²) < 4.78 is 5.18. The van der Waals surface area contributed by atoms with E-state index in [2.05, 4.69) is 4.98 Å². The second-order valence-corrected chi connectivity index (χ2v) is 4.48. The summed E-state index contributed by atoms with van der Waals surface area (Å²) in [4.78, 5) is 16.9. The first-order chi connectivity index (χ1) is 8.15. The minimum absolute atomic E-state index is 0.182. The molecule has 0 radical (unpaired) electrons. The Bertz CT molecular complexity index is 493. The molecule has 0 fully saturated rings. The van der Waals surface area contributed by atoms with Gasteiger partial charge in [-0.15, -0.1) is 11.3 Å². The molecule has 2 aromatic heterocycles. The number of carboxylic acid groups (broad SMARTS) is 1. The van der Waals surface area contributed by atoms with Crippen LogP contribution in [0.5, 0.6) is 0 Å². The van der Waals surface area contributed by atoms with Crippen LogP contribution in [0.3, 0.4) is 0 Å². The SMILES string of the molecule is CN(Cc1cscn1)Cc1cc(C(=O)O)co1. The van der Waals surface area contributed by atoms with Gasteiger partial charge in [0.2, 0.25) is 0 Å². The van der Waals surface area contributed by atoms with Crippen molar-refractivity contribution >= 4 is 17.3 Å². The Morgan fingerprint density at radius 1 is 1.59 bits per heavy atom. The molecule has 0 spiro atoms. The molecule has 1 N–H and O–H groups in total. The maximum absolute atomic E-state index is 10.7. The molecule has 2 rings (SSSR count). The van der Waals surface area contributed by atoms with Crippen LogP contribution < -0.4 is 0 Å². The zero-order chi connectivity index (χ0) is 12.3. The zero-order valence-corrected chi connectivity index (χ0v) is 10.1. The van der Waals surface area contributed by atoms with Crippen molar-refractivity contribution in [1.29, 1.82) is 0 Å². The van der Waals surface area contributed by atoms with Crippen LogP contribution in [0, 0.1) is 0 Å². The van der Waals surface area contributed by atoms with Crippen LogP contribution in [0.15, 0.2) is 27.6 Å². The average Bonchev–Trinajstić information content (AvgIpc) is 2.88. The zero-order valence-electron chi connectivity index (χ0n) is 9.29. The van der Waals surface area contributed by atoms with Gasteiger partial charge in [0.05, 0.1) is 23.3 Å². The molecular formula is C11H12N2O3S. The van der Waals surface area contributed by atoms with Crippen LogP contribution in [0.4, 0.5) is 0 Å². The summed E-state index contributed by atoms with van der Waals surface area (Å²) in [5, 5.41) is 10.7. The molecule has 0 atom stereocenters. The van der Waals surface area contributed by atoms with Gasteiger partial charge in [-0.05, 0) is 13.1 Å². The first kappa shape index (κ1) is 11.8. The molecular weight excluding hydrogens is 240 g/mol. The lowest BCUT2D eigenvalue weighted by Crippen LogP contribution is -2.17. The van der Waals surface area contributed by atoms with Gasteiger partial charge in [0, 0.05) is 11.9 Å². The smallest absolute Gasteiger partial charge is 0.338 e. The summed E-state index contributed by atoms with van der Waals surface area (Å²) in [7, 11) is 1.93. The van der Waals surface area contributed by atoms with Crippen molar-refractivity contribution in [3.63, 3.8) is 0 Å². The predicted octanol–water partition coefficient (Wildman–Crippen LogP) is 2.07. The molecule has 0 aliphatic carbocycles. The van der Waals surface area contributed by atoms with E-state index in [1.54, 1.807) is 22.9 Å². The second kappa shape index (κ2) is 5.11. The third kappa shape index (κ3) is 3.15. The van der Waals surface area contributed by atoms with E-state index in [9.17, 15) is 4.79 Å².